The average molecular weight is 178 g/mol. The first-order chi connectivity index (χ1) is 6.19. The van der Waals surface area contributed by atoms with Crippen molar-refractivity contribution < 1.29 is 19.1 Å². The van der Waals surface area contributed by atoms with Gasteiger partial charge in [-0.25, -0.2) is 4.79 Å². The molecule has 0 amide bonds. The van der Waals surface area contributed by atoms with Gasteiger partial charge in [0.2, 0.25) is 0 Å². The van der Waals surface area contributed by atoms with Crippen molar-refractivity contribution in [3.05, 3.63) is 29.3 Å². The Bertz CT molecular complexity index is 373. The van der Waals surface area contributed by atoms with E-state index in [4.69, 9.17) is 5.53 Å². The van der Waals surface area contributed by atoms with E-state index in [1.54, 1.807) is 0 Å². The maximum atomic E-state index is 11.1. The number of nitrogens with zero attached hydrogens (tertiary/aromatic N) is 2. The second-order valence-electron chi connectivity index (χ2n) is 2.27. The van der Waals surface area contributed by atoms with Crippen molar-refractivity contribution in [2.24, 2.45) is 0 Å². The number of allylic oxidation sites excluding steroid dienone is 3. The summed E-state index contributed by atoms with van der Waals surface area (Å²) < 4.78 is 4.35. The highest BCUT2D eigenvalue weighted by molar-refractivity contribution is 6.28. The Balaban J connectivity index is 3.08. The van der Waals surface area contributed by atoms with Gasteiger partial charge in [0.05, 0.1) is 7.11 Å². The Morgan fingerprint density at radius 3 is 2.77 bits per heavy atom. The van der Waals surface area contributed by atoms with Crippen LogP contribution in [0.3, 0.4) is 0 Å². The quantitative estimate of drug-likeness (QED) is 0.185. The van der Waals surface area contributed by atoms with E-state index in [2.05, 4.69) is 9.53 Å². The fourth-order valence-corrected chi connectivity index (χ4v) is 0.850. The van der Waals surface area contributed by atoms with Gasteiger partial charge in [0.15, 0.2) is 5.78 Å². The first kappa shape index (κ1) is 9.09. The lowest BCUT2D eigenvalue weighted by atomic mass is 10.0. The smallest absolute Gasteiger partial charge is 0.342 e. The van der Waals surface area contributed by atoms with Gasteiger partial charge in [0, 0.05) is 12.2 Å². The third kappa shape index (κ3) is 1.77. The lowest BCUT2D eigenvalue weighted by Crippen LogP contribution is -2.17. The minimum absolute atomic E-state index is 0.139. The molecule has 0 unspecified atom stereocenters. The highest BCUT2D eigenvalue weighted by Gasteiger charge is 2.22. The van der Waals surface area contributed by atoms with Gasteiger partial charge in [-0.05, 0) is 6.08 Å². The second kappa shape index (κ2) is 3.60. The van der Waals surface area contributed by atoms with Gasteiger partial charge in [0.25, 0.3) is 0 Å². The van der Waals surface area contributed by atoms with E-state index in [0.29, 0.717) is 0 Å². The van der Waals surface area contributed by atoms with E-state index in [1.807, 2.05) is 0 Å². The molecule has 0 aromatic heterocycles. The number of ketones is 1. The van der Waals surface area contributed by atoms with E-state index in [-0.39, 0.29) is 11.3 Å². The van der Waals surface area contributed by atoms with Crippen molar-refractivity contribution in [2.75, 3.05) is 7.11 Å². The molecule has 0 N–H and O–H groups in total. The summed E-state index contributed by atoms with van der Waals surface area (Å²) in [6, 6.07) is 0. The Morgan fingerprint density at radius 1 is 1.54 bits per heavy atom. The van der Waals surface area contributed by atoms with Gasteiger partial charge in [-0.3, -0.25) is 4.79 Å². The van der Waals surface area contributed by atoms with Gasteiger partial charge in [0.1, 0.15) is 5.57 Å². The maximum Gasteiger partial charge on any atom is 0.342 e. The third-order valence-electron chi connectivity index (χ3n) is 1.48. The molecule has 0 atom stereocenters. The van der Waals surface area contributed by atoms with Crippen molar-refractivity contribution in [1.82, 2.24) is 0 Å². The Kier molecular flexibility index (Phi) is 2.52. The summed E-state index contributed by atoms with van der Waals surface area (Å²) in [6.07, 6.45) is 3.60. The van der Waals surface area contributed by atoms with E-state index in [9.17, 15) is 9.59 Å². The molecular weight excluding hydrogens is 172 g/mol. The molecule has 0 bridgehead atoms. The van der Waals surface area contributed by atoms with Crippen molar-refractivity contribution in [3.8, 4) is 0 Å². The molecule has 0 saturated carbocycles. The van der Waals surface area contributed by atoms with E-state index in [0.717, 1.165) is 12.2 Å². The van der Waals surface area contributed by atoms with Gasteiger partial charge in [-0.2, -0.15) is 4.79 Å². The molecule has 13 heavy (non-hydrogen) atoms. The van der Waals surface area contributed by atoms with Crippen molar-refractivity contribution in [1.29, 1.82) is 0 Å². The molecule has 0 fully saturated rings. The van der Waals surface area contributed by atoms with Crippen molar-refractivity contribution in [3.63, 3.8) is 0 Å². The van der Waals surface area contributed by atoms with Crippen molar-refractivity contribution >= 4 is 17.5 Å². The number of carbonyl (C=O) groups is 2. The number of hydrogen-bond donors (Lipinski definition) is 0. The highest BCUT2D eigenvalue weighted by Crippen LogP contribution is 2.06. The standard InChI is InChI=1S/C8H6N2O3/c1-13-8(12)6-4-5(10-9)2-3-7(6)11/h2-4H,1H3. The van der Waals surface area contributed by atoms with Crippen LogP contribution in [-0.2, 0) is 14.3 Å². The maximum absolute atomic E-state index is 11.1. The van der Waals surface area contributed by atoms with Gasteiger partial charge < -0.3 is 10.3 Å². The van der Waals surface area contributed by atoms with Crippen LogP contribution < -0.4 is 0 Å². The number of hydrogen-bond acceptors (Lipinski definition) is 3. The molecule has 0 saturated heterocycles. The van der Waals surface area contributed by atoms with Gasteiger partial charge in [-0.15, -0.1) is 0 Å². The van der Waals surface area contributed by atoms with E-state index < -0.39 is 11.8 Å². The molecule has 1 rings (SSSR count). The number of rotatable bonds is 1. The number of ether oxygens (including phenoxy) is 1. The zero-order valence-electron chi connectivity index (χ0n) is 6.85. The average Bonchev–Trinajstić information content (AvgIpc) is 2.17. The van der Waals surface area contributed by atoms with Gasteiger partial charge >= 0.3 is 11.7 Å². The molecule has 0 aliphatic heterocycles. The second-order valence-corrected chi connectivity index (χ2v) is 2.27. The Hall–Kier alpha value is -2.00. The van der Waals surface area contributed by atoms with Crippen LogP contribution in [0.4, 0.5) is 0 Å². The lowest BCUT2D eigenvalue weighted by Gasteiger charge is -2.01. The fraction of sp³-hybridized carbons (Fsp3) is 0.125. The highest BCUT2D eigenvalue weighted by atomic mass is 16.5. The molecule has 0 heterocycles. The zero-order valence-corrected chi connectivity index (χ0v) is 6.85. The SMILES string of the molecule is COC(=O)C1=CC(=[N+]=[N-])C=CC1=O. The number of esters is 1. The molecule has 5 nitrogen and oxygen atoms in total. The number of carbonyl (C=O) groups excluding carboxylic acids is 2. The third-order valence-corrected chi connectivity index (χ3v) is 1.48. The Labute approximate surface area is 73.9 Å². The van der Waals surface area contributed by atoms with Crippen LogP contribution in [0.2, 0.25) is 0 Å². The fourth-order valence-electron chi connectivity index (χ4n) is 0.850. The molecule has 1 aliphatic carbocycles. The van der Waals surface area contributed by atoms with Crippen molar-refractivity contribution in [2.45, 2.75) is 0 Å². The summed E-state index contributed by atoms with van der Waals surface area (Å²) in [5.74, 6) is -1.20. The van der Waals surface area contributed by atoms with Crippen LogP contribution in [0, 0.1) is 0 Å². The summed E-state index contributed by atoms with van der Waals surface area (Å²) in [6.45, 7) is 0. The van der Waals surface area contributed by atoms with Crippen LogP contribution in [0.25, 0.3) is 5.53 Å². The summed E-state index contributed by atoms with van der Waals surface area (Å²) in [7, 11) is 1.17. The summed E-state index contributed by atoms with van der Waals surface area (Å²) >= 11 is 0. The molecule has 0 spiro atoms. The van der Waals surface area contributed by atoms with Crippen LogP contribution >= 0.6 is 0 Å². The molecular formula is C8H6N2O3. The topological polar surface area (TPSA) is 79.8 Å². The number of methoxy groups -OCH3 is 1. The van der Waals surface area contributed by atoms with Gasteiger partial charge in [-0.1, -0.05) is 0 Å². The molecule has 1 aliphatic rings. The van der Waals surface area contributed by atoms with Crippen LogP contribution in [0.15, 0.2) is 23.8 Å². The molecule has 5 heteroatoms. The largest absolute Gasteiger partial charge is 0.465 e. The monoisotopic (exact) mass is 178 g/mol. The zero-order chi connectivity index (χ0) is 9.84. The first-order valence-electron chi connectivity index (χ1n) is 3.43. The van der Waals surface area contributed by atoms with E-state index >= 15 is 0 Å². The summed E-state index contributed by atoms with van der Waals surface area (Å²) in [5.41, 5.74) is 8.38. The first-order valence-corrected chi connectivity index (χ1v) is 3.43. The molecule has 0 aromatic rings. The molecule has 66 valence electrons. The summed E-state index contributed by atoms with van der Waals surface area (Å²) in [5, 5.41) is 0. The minimum atomic E-state index is -0.740. The normalized spacial score (nSPS) is 15.0. The van der Waals surface area contributed by atoms with Crippen LogP contribution in [-0.4, -0.2) is 29.4 Å². The Morgan fingerprint density at radius 2 is 2.23 bits per heavy atom. The molecule has 0 radical (unpaired) electrons. The lowest BCUT2D eigenvalue weighted by molar-refractivity contribution is -0.137. The predicted octanol–water partition coefficient (Wildman–Crippen LogP) is -0.105. The van der Waals surface area contributed by atoms with Crippen LogP contribution in [0.5, 0.6) is 0 Å². The molecule has 0 aromatic carbocycles. The summed E-state index contributed by atoms with van der Waals surface area (Å²) in [4.78, 5) is 24.9. The van der Waals surface area contributed by atoms with E-state index in [1.165, 1.54) is 13.2 Å². The minimum Gasteiger partial charge on any atom is -0.465 e. The van der Waals surface area contributed by atoms with Crippen LogP contribution in [0.1, 0.15) is 0 Å². The predicted molar refractivity (Wildman–Crippen MR) is 42.9 cm³/mol.